The molecule has 0 radical (unpaired) electrons. The first-order valence-electron chi connectivity index (χ1n) is 8.42. The fraction of sp³-hybridized carbons (Fsp3) is 0.500. The maximum Gasteiger partial charge on any atom is 0.288 e. The molecule has 1 aromatic rings. The Morgan fingerprint density at radius 1 is 1.17 bits per heavy atom. The fourth-order valence-corrected chi connectivity index (χ4v) is 4.26. The van der Waals surface area contributed by atoms with Crippen LogP contribution >= 0.6 is 11.8 Å². The van der Waals surface area contributed by atoms with E-state index < -0.39 is 0 Å². The van der Waals surface area contributed by atoms with E-state index >= 15 is 0 Å². The molecule has 2 fully saturated rings. The van der Waals surface area contributed by atoms with Gasteiger partial charge in [-0.2, -0.15) is 0 Å². The average molecular weight is 346 g/mol. The van der Waals surface area contributed by atoms with E-state index in [4.69, 9.17) is 0 Å². The zero-order valence-corrected chi connectivity index (χ0v) is 14.6. The summed E-state index contributed by atoms with van der Waals surface area (Å²) in [6, 6.07) is 7.55. The number of carbonyl (C=O) groups is 3. The predicted molar refractivity (Wildman–Crippen MR) is 94.9 cm³/mol. The van der Waals surface area contributed by atoms with E-state index in [9.17, 15) is 14.4 Å². The van der Waals surface area contributed by atoms with E-state index in [-0.39, 0.29) is 28.2 Å². The van der Waals surface area contributed by atoms with Crippen LogP contribution in [0, 0.1) is 5.92 Å². The molecule has 1 aliphatic heterocycles. The predicted octanol–water partition coefficient (Wildman–Crippen LogP) is 3.44. The van der Waals surface area contributed by atoms with Crippen LogP contribution in [-0.2, 0) is 16.0 Å². The molecule has 0 spiro atoms. The van der Waals surface area contributed by atoms with Gasteiger partial charge in [-0.25, -0.2) is 0 Å². The molecule has 1 aromatic carbocycles. The summed E-state index contributed by atoms with van der Waals surface area (Å²) in [6.45, 7) is 0. The summed E-state index contributed by atoms with van der Waals surface area (Å²) in [5.74, 6) is 0.100. The standard InChI is InChI=1S/C18H22N2O3S/c1-20-17(22)15(24-18(20)23)11-12-7-9-14(10-8-12)19-16(21)13-5-3-2-4-6-13/h7-10,13,15H,2-6,11H2,1H3,(H,19,21)/t15-/m0/s1. The molecule has 1 heterocycles. The van der Waals surface area contributed by atoms with Crippen molar-refractivity contribution in [2.45, 2.75) is 43.8 Å². The van der Waals surface area contributed by atoms with Crippen LogP contribution in [0.15, 0.2) is 24.3 Å². The summed E-state index contributed by atoms with van der Waals surface area (Å²) < 4.78 is 0. The van der Waals surface area contributed by atoms with Gasteiger partial charge in [0.2, 0.25) is 11.8 Å². The highest BCUT2D eigenvalue weighted by atomic mass is 32.2. The topological polar surface area (TPSA) is 66.5 Å². The summed E-state index contributed by atoms with van der Waals surface area (Å²) in [7, 11) is 1.52. The number of carbonyl (C=O) groups excluding carboxylic acids is 3. The molecule has 128 valence electrons. The molecule has 1 saturated heterocycles. The second kappa shape index (κ2) is 7.38. The van der Waals surface area contributed by atoms with E-state index in [0.717, 1.165) is 48.7 Å². The van der Waals surface area contributed by atoms with E-state index in [1.54, 1.807) is 0 Å². The van der Waals surface area contributed by atoms with Crippen LogP contribution in [0.5, 0.6) is 0 Å². The number of rotatable bonds is 4. The minimum atomic E-state index is -0.342. The molecule has 1 atom stereocenters. The third-order valence-corrected chi connectivity index (χ3v) is 5.87. The highest BCUT2D eigenvalue weighted by Gasteiger charge is 2.36. The lowest BCUT2D eigenvalue weighted by Gasteiger charge is -2.20. The molecule has 6 heteroatoms. The van der Waals surface area contributed by atoms with Gasteiger partial charge in [0, 0.05) is 18.7 Å². The van der Waals surface area contributed by atoms with Crippen LogP contribution in [0.3, 0.4) is 0 Å². The van der Waals surface area contributed by atoms with Crippen LogP contribution in [0.1, 0.15) is 37.7 Å². The summed E-state index contributed by atoms with van der Waals surface area (Å²) in [5.41, 5.74) is 1.77. The lowest BCUT2D eigenvalue weighted by atomic mass is 9.88. The Morgan fingerprint density at radius 3 is 2.42 bits per heavy atom. The first kappa shape index (κ1) is 17.0. The number of amides is 3. The summed E-state index contributed by atoms with van der Waals surface area (Å²) in [5, 5.41) is 2.45. The quantitative estimate of drug-likeness (QED) is 0.907. The van der Waals surface area contributed by atoms with E-state index in [2.05, 4.69) is 5.32 Å². The second-order valence-corrected chi connectivity index (χ2v) is 7.65. The van der Waals surface area contributed by atoms with Crippen molar-refractivity contribution < 1.29 is 14.4 Å². The Bertz CT molecular complexity index is 638. The zero-order valence-electron chi connectivity index (χ0n) is 13.8. The van der Waals surface area contributed by atoms with Crippen molar-refractivity contribution in [3.05, 3.63) is 29.8 Å². The fourth-order valence-electron chi connectivity index (χ4n) is 3.23. The van der Waals surface area contributed by atoms with Crippen molar-refractivity contribution in [3.63, 3.8) is 0 Å². The first-order valence-corrected chi connectivity index (χ1v) is 9.30. The van der Waals surface area contributed by atoms with Gasteiger partial charge < -0.3 is 5.32 Å². The van der Waals surface area contributed by atoms with Gasteiger partial charge in [0.15, 0.2) is 0 Å². The van der Waals surface area contributed by atoms with Gasteiger partial charge >= 0.3 is 0 Å². The first-order chi connectivity index (χ1) is 11.5. The highest BCUT2D eigenvalue weighted by Crippen LogP contribution is 2.29. The second-order valence-electron chi connectivity index (χ2n) is 6.49. The molecule has 24 heavy (non-hydrogen) atoms. The summed E-state index contributed by atoms with van der Waals surface area (Å²) in [4.78, 5) is 36.9. The van der Waals surface area contributed by atoms with Gasteiger partial charge in [0.1, 0.15) is 0 Å². The number of anilines is 1. The SMILES string of the molecule is CN1C(=O)S[C@@H](Cc2ccc(NC(=O)C3CCCCC3)cc2)C1=O. The molecule has 3 rings (SSSR count). The molecule has 1 saturated carbocycles. The molecule has 1 N–H and O–H groups in total. The molecule has 1 aliphatic carbocycles. The maximum absolute atomic E-state index is 12.2. The van der Waals surface area contributed by atoms with Crippen molar-refractivity contribution in [2.75, 3.05) is 12.4 Å². The number of hydrogen-bond donors (Lipinski definition) is 1. The molecule has 5 nitrogen and oxygen atoms in total. The van der Waals surface area contributed by atoms with Crippen LogP contribution in [0.2, 0.25) is 0 Å². The Labute approximate surface area is 146 Å². The minimum Gasteiger partial charge on any atom is -0.326 e. The molecular weight excluding hydrogens is 324 g/mol. The van der Waals surface area contributed by atoms with Gasteiger partial charge in [0.25, 0.3) is 5.24 Å². The summed E-state index contributed by atoms with van der Waals surface area (Å²) in [6.07, 6.45) is 5.98. The monoisotopic (exact) mass is 346 g/mol. The Kier molecular flexibility index (Phi) is 5.23. The number of benzene rings is 1. The molecule has 3 amide bonds. The number of nitrogens with one attached hydrogen (secondary N) is 1. The van der Waals surface area contributed by atoms with Crippen LogP contribution in [0.25, 0.3) is 0 Å². The van der Waals surface area contributed by atoms with Crippen LogP contribution in [-0.4, -0.2) is 34.3 Å². The smallest absolute Gasteiger partial charge is 0.288 e. The molecular formula is C18H22N2O3S. The maximum atomic E-state index is 12.2. The number of thioether (sulfide) groups is 1. The van der Waals surface area contributed by atoms with Crippen molar-refractivity contribution in [1.29, 1.82) is 0 Å². The third-order valence-electron chi connectivity index (χ3n) is 4.74. The molecule has 2 aliphatic rings. The van der Waals surface area contributed by atoms with Crippen LogP contribution < -0.4 is 5.32 Å². The van der Waals surface area contributed by atoms with E-state index in [1.807, 2.05) is 24.3 Å². The third kappa shape index (κ3) is 3.80. The van der Waals surface area contributed by atoms with Gasteiger partial charge in [-0.1, -0.05) is 43.2 Å². The van der Waals surface area contributed by atoms with E-state index in [1.165, 1.54) is 18.4 Å². The minimum absolute atomic E-state index is 0.108. The van der Waals surface area contributed by atoms with Gasteiger partial charge in [-0.3, -0.25) is 19.3 Å². The number of hydrogen-bond acceptors (Lipinski definition) is 4. The highest BCUT2D eigenvalue weighted by molar-refractivity contribution is 8.15. The average Bonchev–Trinajstić information content (AvgIpc) is 2.84. The molecule has 0 bridgehead atoms. The van der Waals surface area contributed by atoms with Crippen molar-refractivity contribution in [2.24, 2.45) is 5.92 Å². The number of nitrogens with zero attached hydrogens (tertiary/aromatic N) is 1. The zero-order chi connectivity index (χ0) is 17.1. The van der Waals surface area contributed by atoms with Gasteiger partial charge in [0.05, 0.1) is 5.25 Å². The lowest BCUT2D eigenvalue weighted by molar-refractivity contribution is -0.125. The van der Waals surface area contributed by atoms with Gasteiger partial charge in [-0.15, -0.1) is 0 Å². The van der Waals surface area contributed by atoms with E-state index in [0.29, 0.717) is 6.42 Å². The Hall–Kier alpha value is -1.82. The molecule has 0 unspecified atom stereocenters. The number of imide groups is 1. The van der Waals surface area contributed by atoms with Crippen molar-refractivity contribution in [1.82, 2.24) is 4.90 Å². The van der Waals surface area contributed by atoms with Crippen LogP contribution in [0.4, 0.5) is 10.5 Å². The van der Waals surface area contributed by atoms with Crippen molar-refractivity contribution in [3.8, 4) is 0 Å². The van der Waals surface area contributed by atoms with Crippen molar-refractivity contribution >= 4 is 34.5 Å². The molecule has 0 aromatic heterocycles. The van der Waals surface area contributed by atoms with Gasteiger partial charge in [-0.05, 0) is 37.0 Å². The summed E-state index contributed by atoms with van der Waals surface area (Å²) >= 11 is 1.08. The lowest BCUT2D eigenvalue weighted by Crippen LogP contribution is -2.28. The normalized spacial score (nSPS) is 22.0. The largest absolute Gasteiger partial charge is 0.326 e. The Morgan fingerprint density at radius 2 is 1.83 bits per heavy atom. The Balaban J connectivity index is 1.56.